The molecule has 1 unspecified atom stereocenters. The minimum absolute atomic E-state index is 0.102. The SMILES string of the molecule is c1ccc(C2=Nc3ccccc3[NH2+]C2n2c3ccccc3c3cc4c(cc32)C(c2ccccc2)(c2ccccc2)c2ccccc2-4)cc1. The Morgan fingerprint density at radius 1 is 0.500 bits per heavy atom. The Morgan fingerprint density at radius 2 is 1.12 bits per heavy atom. The van der Waals surface area contributed by atoms with Crippen LogP contribution >= 0.6 is 0 Å². The first-order chi connectivity index (χ1) is 23.8. The van der Waals surface area contributed by atoms with Crippen LogP contribution < -0.4 is 5.32 Å². The lowest BCUT2D eigenvalue weighted by Crippen LogP contribution is -2.83. The molecule has 0 amide bonds. The molecule has 2 heterocycles. The lowest BCUT2D eigenvalue weighted by molar-refractivity contribution is -0.614. The summed E-state index contributed by atoms with van der Waals surface area (Å²) in [7, 11) is 0. The van der Waals surface area contributed by atoms with Crippen molar-refractivity contribution in [3.63, 3.8) is 0 Å². The number of nitrogens with zero attached hydrogens (tertiary/aromatic N) is 2. The van der Waals surface area contributed by atoms with E-state index in [1.54, 1.807) is 0 Å². The van der Waals surface area contributed by atoms with E-state index < -0.39 is 5.41 Å². The van der Waals surface area contributed by atoms with Gasteiger partial charge in [0.2, 0.25) is 6.17 Å². The van der Waals surface area contributed by atoms with Gasteiger partial charge in [-0.15, -0.1) is 0 Å². The van der Waals surface area contributed by atoms with Gasteiger partial charge in [0.05, 0.1) is 16.4 Å². The number of benzene rings is 7. The Hall–Kier alpha value is -6.03. The largest absolute Gasteiger partial charge is 0.287 e. The number of fused-ring (bicyclic) bond motifs is 7. The second-order valence-corrected chi connectivity index (χ2v) is 12.9. The van der Waals surface area contributed by atoms with Crippen molar-refractivity contribution in [2.75, 3.05) is 0 Å². The Bertz CT molecular complexity index is 2490. The normalized spacial score (nSPS) is 15.9. The predicted molar refractivity (Wildman–Crippen MR) is 196 cm³/mol. The highest BCUT2D eigenvalue weighted by molar-refractivity contribution is 6.13. The van der Waals surface area contributed by atoms with E-state index in [1.807, 2.05) is 0 Å². The molecule has 10 rings (SSSR count). The number of hydrogen-bond acceptors (Lipinski definition) is 1. The summed E-state index contributed by atoms with van der Waals surface area (Å²) in [6.45, 7) is 0. The van der Waals surface area contributed by atoms with Gasteiger partial charge in [0.1, 0.15) is 11.4 Å². The highest BCUT2D eigenvalue weighted by atomic mass is 15.2. The molecule has 48 heavy (non-hydrogen) atoms. The second-order valence-electron chi connectivity index (χ2n) is 12.9. The van der Waals surface area contributed by atoms with Crippen LogP contribution in [0.1, 0.15) is 34.0 Å². The Kier molecular flexibility index (Phi) is 5.93. The van der Waals surface area contributed by atoms with Gasteiger partial charge in [0.15, 0.2) is 5.69 Å². The molecule has 3 nitrogen and oxygen atoms in total. The third-order valence-electron chi connectivity index (χ3n) is 10.4. The van der Waals surface area contributed by atoms with E-state index in [0.717, 1.165) is 22.6 Å². The summed E-state index contributed by atoms with van der Waals surface area (Å²) >= 11 is 0. The Labute approximate surface area is 279 Å². The summed E-state index contributed by atoms with van der Waals surface area (Å²) in [6, 6.07) is 64.1. The average molecular weight is 615 g/mol. The molecule has 1 aliphatic carbocycles. The number of hydrogen-bond donors (Lipinski definition) is 1. The van der Waals surface area contributed by atoms with Crippen LogP contribution in [-0.2, 0) is 5.41 Å². The molecule has 3 heteroatoms. The number of para-hydroxylation sites is 3. The third kappa shape index (κ3) is 3.77. The molecule has 7 aromatic carbocycles. The molecule has 0 saturated carbocycles. The van der Waals surface area contributed by atoms with Crippen molar-refractivity contribution in [3.8, 4) is 11.1 Å². The fraction of sp³-hybridized carbons (Fsp3) is 0.0444. The summed E-state index contributed by atoms with van der Waals surface area (Å²) in [4.78, 5) is 5.36. The summed E-state index contributed by atoms with van der Waals surface area (Å²) in [5.41, 5.74) is 14.1. The van der Waals surface area contributed by atoms with E-state index in [0.29, 0.717) is 0 Å². The van der Waals surface area contributed by atoms with Crippen LogP contribution in [-0.4, -0.2) is 10.3 Å². The molecule has 226 valence electrons. The quantitative estimate of drug-likeness (QED) is 0.192. The third-order valence-corrected chi connectivity index (χ3v) is 10.4. The lowest BCUT2D eigenvalue weighted by atomic mass is 9.67. The van der Waals surface area contributed by atoms with E-state index in [2.05, 4.69) is 186 Å². The first-order valence-corrected chi connectivity index (χ1v) is 16.7. The first kappa shape index (κ1) is 27.1. The van der Waals surface area contributed by atoms with Crippen molar-refractivity contribution >= 4 is 38.9 Å². The van der Waals surface area contributed by atoms with Gasteiger partial charge in [-0.05, 0) is 57.6 Å². The van der Waals surface area contributed by atoms with Gasteiger partial charge in [-0.2, -0.15) is 0 Å². The topological polar surface area (TPSA) is 33.9 Å². The molecule has 1 aromatic heterocycles. The molecule has 0 fully saturated rings. The minimum atomic E-state index is -0.469. The summed E-state index contributed by atoms with van der Waals surface area (Å²) in [5, 5.41) is 4.92. The van der Waals surface area contributed by atoms with Gasteiger partial charge in [-0.3, -0.25) is 9.88 Å². The van der Waals surface area contributed by atoms with Crippen molar-refractivity contribution in [2.45, 2.75) is 11.6 Å². The minimum Gasteiger partial charge on any atom is -0.287 e. The molecule has 0 saturated heterocycles. The molecular formula is C45H32N3+. The van der Waals surface area contributed by atoms with E-state index >= 15 is 0 Å². The number of aliphatic imine (C=N–C) groups is 1. The monoisotopic (exact) mass is 614 g/mol. The average Bonchev–Trinajstić information content (AvgIpc) is 3.64. The molecule has 2 aliphatic rings. The van der Waals surface area contributed by atoms with Crippen molar-refractivity contribution in [2.24, 2.45) is 4.99 Å². The van der Waals surface area contributed by atoms with Crippen LogP contribution in [0.4, 0.5) is 11.4 Å². The van der Waals surface area contributed by atoms with Crippen molar-refractivity contribution in [1.29, 1.82) is 0 Å². The van der Waals surface area contributed by atoms with Crippen molar-refractivity contribution < 1.29 is 5.32 Å². The van der Waals surface area contributed by atoms with E-state index in [9.17, 15) is 0 Å². The van der Waals surface area contributed by atoms with E-state index in [1.165, 1.54) is 55.2 Å². The Balaban J connectivity index is 1.33. The maximum Gasteiger partial charge on any atom is 0.215 e. The maximum absolute atomic E-state index is 5.36. The van der Waals surface area contributed by atoms with Gasteiger partial charge in [-0.1, -0.05) is 146 Å². The highest BCUT2D eigenvalue weighted by Crippen LogP contribution is 2.57. The molecule has 8 aromatic rings. The van der Waals surface area contributed by atoms with Crippen LogP contribution in [0, 0.1) is 0 Å². The van der Waals surface area contributed by atoms with Crippen LogP contribution in [0.25, 0.3) is 32.9 Å². The van der Waals surface area contributed by atoms with Gasteiger partial charge in [0, 0.05) is 22.4 Å². The molecule has 1 aliphatic heterocycles. The van der Waals surface area contributed by atoms with Gasteiger partial charge < -0.3 is 0 Å². The number of nitrogens with two attached hydrogens (primary N) is 1. The smallest absolute Gasteiger partial charge is 0.215 e. The molecule has 1 atom stereocenters. The van der Waals surface area contributed by atoms with Gasteiger partial charge >= 0.3 is 0 Å². The summed E-state index contributed by atoms with van der Waals surface area (Å²) < 4.78 is 2.54. The number of aromatic nitrogens is 1. The molecular weight excluding hydrogens is 583 g/mol. The van der Waals surface area contributed by atoms with E-state index in [-0.39, 0.29) is 6.17 Å². The molecule has 0 radical (unpaired) electrons. The van der Waals surface area contributed by atoms with Gasteiger partial charge in [-0.25, -0.2) is 4.99 Å². The van der Waals surface area contributed by atoms with Crippen molar-refractivity contribution in [1.82, 2.24) is 4.57 Å². The van der Waals surface area contributed by atoms with Crippen LogP contribution in [0.5, 0.6) is 0 Å². The van der Waals surface area contributed by atoms with Crippen LogP contribution in [0.3, 0.4) is 0 Å². The fourth-order valence-electron chi connectivity index (χ4n) is 8.45. The number of quaternary nitrogens is 1. The highest BCUT2D eigenvalue weighted by Gasteiger charge is 2.46. The zero-order valence-corrected chi connectivity index (χ0v) is 26.3. The number of rotatable bonds is 4. The summed E-state index contributed by atoms with van der Waals surface area (Å²) in [5.74, 6) is 0. The summed E-state index contributed by atoms with van der Waals surface area (Å²) in [6.07, 6.45) is -0.102. The van der Waals surface area contributed by atoms with Crippen molar-refractivity contribution in [3.05, 3.63) is 204 Å². The predicted octanol–water partition coefficient (Wildman–Crippen LogP) is 9.69. The van der Waals surface area contributed by atoms with Gasteiger partial charge in [0.25, 0.3) is 0 Å². The van der Waals surface area contributed by atoms with Crippen LogP contribution in [0.15, 0.2) is 181 Å². The van der Waals surface area contributed by atoms with E-state index in [4.69, 9.17) is 4.99 Å². The standard InChI is InChI=1S/C45H31N3/c1-4-16-30(17-5-1)43-44(47-40-26-14-13-25-39(40)46-43)48-41-27-15-11-23-34(41)36-28-35-33-22-10-12-24-37(33)45(38(35)29-42(36)48,31-18-6-2-7-19-31)32-20-8-3-9-21-32/h1-29,44,47H/p+1. The second kappa shape index (κ2) is 10.5. The maximum atomic E-state index is 5.36. The fourth-order valence-corrected chi connectivity index (χ4v) is 8.45. The molecule has 2 N–H and O–H groups in total. The first-order valence-electron chi connectivity index (χ1n) is 16.7. The van der Waals surface area contributed by atoms with Crippen LogP contribution in [0.2, 0.25) is 0 Å². The molecule has 0 spiro atoms. The zero-order chi connectivity index (χ0) is 31.7. The lowest BCUT2D eigenvalue weighted by Gasteiger charge is -2.34. The molecule has 0 bridgehead atoms. The Morgan fingerprint density at radius 3 is 1.90 bits per heavy atom. The zero-order valence-electron chi connectivity index (χ0n) is 26.3.